The number of aliphatic carboxylic acids is 1. The van der Waals surface area contributed by atoms with Crippen LogP contribution in [0.1, 0.15) is 239 Å². The smallest absolute Gasteiger partial charge is 0.335 e. The Balaban J connectivity index is 2.73. The van der Waals surface area contributed by atoms with E-state index in [1.807, 2.05) is 18.2 Å². The number of hydrogen-bond donors (Lipinski definition) is 3. The molecule has 1 rings (SSSR count). The molecule has 0 aromatic rings. The predicted molar refractivity (Wildman–Crippen MR) is 330 cm³/mol. The largest absolute Gasteiger partial charge is 0.479 e. The van der Waals surface area contributed by atoms with Crippen LogP contribution in [0, 0.1) is 0 Å². The molecule has 0 amide bonds. The first-order valence-electron chi connectivity index (χ1n) is 31.5. The first-order chi connectivity index (χ1) is 39.6. The highest BCUT2D eigenvalue weighted by Gasteiger charge is 2.50. The molecular formula is C69H110O12. The summed E-state index contributed by atoms with van der Waals surface area (Å²) in [6.45, 7) is 5.68. The van der Waals surface area contributed by atoms with Gasteiger partial charge in [-0.05, 0) is 89.9 Å². The molecule has 0 spiro atoms. The lowest BCUT2D eigenvalue weighted by atomic mass is 9.98. The summed E-state index contributed by atoms with van der Waals surface area (Å²) >= 11 is 0. The second kappa shape index (κ2) is 55.6. The van der Waals surface area contributed by atoms with Gasteiger partial charge in [-0.1, -0.05) is 251 Å². The van der Waals surface area contributed by atoms with Crippen LogP contribution in [0.4, 0.5) is 0 Å². The Hall–Kier alpha value is -4.88. The minimum Gasteiger partial charge on any atom is -0.479 e. The van der Waals surface area contributed by atoms with Crippen LogP contribution in [0.25, 0.3) is 0 Å². The van der Waals surface area contributed by atoms with Crippen molar-refractivity contribution >= 4 is 23.9 Å². The second-order valence-corrected chi connectivity index (χ2v) is 21.0. The molecule has 458 valence electrons. The third-order valence-corrected chi connectivity index (χ3v) is 13.6. The molecular weight excluding hydrogens is 1020 g/mol. The first-order valence-corrected chi connectivity index (χ1v) is 31.5. The van der Waals surface area contributed by atoms with Gasteiger partial charge in [-0.25, -0.2) is 4.79 Å². The number of esters is 3. The van der Waals surface area contributed by atoms with Crippen LogP contribution in [0.2, 0.25) is 0 Å². The number of carboxylic acid groups (broad SMARTS) is 1. The fraction of sp³-hybridized carbons (Fsp3) is 0.652. The second-order valence-electron chi connectivity index (χ2n) is 21.0. The highest BCUT2D eigenvalue weighted by atomic mass is 16.7. The number of aliphatic hydroxyl groups excluding tert-OH is 2. The van der Waals surface area contributed by atoms with E-state index in [-0.39, 0.29) is 25.9 Å². The average Bonchev–Trinajstić information content (AvgIpc) is 3.54. The molecule has 0 radical (unpaired) electrons. The van der Waals surface area contributed by atoms with Gasteiger partial charge < -0.3 is 39.0 Å². The maximum atomic E-state index is 13.1. The summed E-state index contributed by atoms with van der Waals surface area (Å²) in [6, 6.07) is 0. The van der Waals surface area contributed by atoms with E-state index in [2.05, 4.69) is 118 Å². The van der Waals surface area contributed by atoms with Gasteiger partial charge in [0.2, 0.25) is 0 Å². The zero-order valence-electron chi connectivity index (χ0n) is 50.5. The van der Waals surface area contributed by atoms with Crippen molar-refractivity contribution in [3.8, 4) is 0 Å². The zero-order valence-corrected chi connectivity index (χ0v) is 50.5. The van der Waals surface area contributed by atoms with Gasteiger partial charge in [0.15, 0.2) is 24.6 Å². The Kier molecular flexibility index (Phi) is 50.9. The molecule has 1 aliphatic rings. The topological polar surface area (TPSA) is 175 Å². The molecule has 1 fully saturated rings. The average molecular weight is 1130 g/mol. The van der Waals surface area contributed by atoms with Crippen molar-refractivity contribution < 1.29 is 58.2 Å². The molecule has 0 aromatic heterocycles. The molecule has 0 saturated carbocycles. The summed E-state index contributed by atoms with van der Waals surface area (Å²) < 4.78 is 28.3. The van der Waals surface area contributed by atoms with Crippen LogP contribution in [0.5, 0.6) is 0 Å². The van der Waals surface area contributed by atoms with Crippen LogP contribution in [0.15, 0.2) is 122 Å². The monoisotopic (exact) mass is 1130 g/mol. The van der Waals surface area contributed by atoms with Crippen LogP contribution in [-0.4, -0.2) is 89.2 Å². The standard InChI is InChI=1S/C69H110O12/c1-4-7-10-13-16-19-22-25-28-30-31-33-36-39-42-45-48-51-54-57-63(72)80-67-65(74)64(73)66(68(75)76)81-69(67)78-59-60(79-62(71)56-53-50-47-44-41-38-34-27-24-21-18-15-12-9-6-3)58-77-61(70)55-52-49-46-43-40-37-35-32-29-26-23-20-17-14-11-8-5-2/h7,9-10,12,16,18-19,21,25,27-28,31,33-34,39,41-42,44,50,53,60,64-67,69,73-74H,4-6,8,11,13-15,17,20,22-24,26,29-30,32,35-38,40,43,45-49,51-52,54-59H2,1-3H3,(H,75,76)/b10-7-,12-9-,19-16-,21-18-,28-25-,33-31-,34-27-,42-39-,44-41-,53-50-. The number of carbonyl (C=O) groups is 4. The van der Waals surface area contributed by atoms with E-state index in [0.717, 1.165) is 96.3 Å². The summed E-state index contributed by atoms with van der Waals surface area (Å²) in [4.78, 5) is 51.2. The van der Waals surface area contributed by atoms with Crippen LogP contribution < -0.4 is 0 Å². The van der Waals surface area contributed by atoms with Crippen molar-refractivity contribution in [2.24, 2.45) is 0 Å². The number of carboxylic acids is 1. The van der Waals surface area contributed by atoms with E-state index in [0.29, 0.717) is 19.3 Å². The maximum Gasteiger partial charge on any atom is 0.335 e. The molecule has 81 heavy (non-hydrogen) atoms. The van der Waals surface area contributed by atoms with E-state index >= 15 is 0 Å². The first kappa shape index (κ1) is 74.1. The number of unbranched alkanes of at least 4 members (excludes halogenated alkanes) is 19. The molecule has 0 aliphatic carbocycles. The highest BCUT2D eigenvalue weighted by molar-refractivity contribution is 5.74. The Morgan fingerprint density at radius 1 is 0.432 bits per heavy atom. The highest BCUT2D eigenvalue weighted by Crippen LogP contribution is 2.26. The SMILES string of the molecule is CC/C=C\C/C=C\C/C=C\C/C=C\C/C=C\CCCCCC(=O)OC1C(OCC(COC(=O)CCCCCCCCCCCCCCCCCCC)OC(=O)C/C=C\C/C=C\C/C=C\C/C=C\C/C=C\CC)OC(C(=O)O)C(O)C1O. The number of hydrogen-bond acceptors (Lipinski definition) is 11. The van der Waals surface area contributed by atoms with Gasteiger partial charge in [0.1, 0.15) is 18.8 Å². The van der Waals surface area contributed by atoms with Crippen LogP contribution >= 0.6 is 0 Å². The van der Waals surface area contributed by atoms with Gasteiger partial charge in [0.05, 0.1) is 13.0 Å². The van der Waals surface area contributed by atoms with E-state index in [1.165, 1.54) is 83.5 Å². The molecule has 0 bridgehead atoms. The normalized spacial score (nSPS) is 18.6. The lowest BCUT2D eigenvalue weighted by Crippen LogP contribution is -2.61. The molecule has 1 aliphatic heterocycles. The molecule has 6 atom stereocenters. The Bertz CT molecular complexity index is 1870. The number of aliphatic hydroxyl groups is 2. The molecule has 1 saturated heterocycles. The van der Waals surface area contributed by atoms with E-state index < -0.39 is 67.3 Å². The third kappa shape index (κ3) is 45.3. The van der Waals surface area contributed by atoms with E-state index in [1.54, 1.807) is 6.08 Å². The molecule has 0 aromatic carbocycles. The predicted octanol–water partition coefficient (Wildman–Crippen LogP) is 16.8. The maximum absolute atomic E-state index is 13.1. The lowest BCUT2D eigenvalue weighted by molar-refractivity contribution is -0.301. The quantitative estimate of drug-likeness (QED) is 0.0228. The third-order valence-electron chi connectivity index (χ3n) is 13.6. The van der Waals surface area contributed by atoms with Crippen molar-refractivity contribution in [3.05, 3.63) is 122 Å². The van der Waals surface area contributed by atoms with Gasteiger partial charge in [-0.15, -0.1) is 0 Å². The summed E-state index contributed by atoms with van der Waals surface area (Å²) in [6.07, 6.45) is 64.8. The van der Waals surface area contributed by atoms with Gasteiger partial charge in [-0.2, -0.15) is 0 Å². The fourth-order valence-electron chi connectivity index (χ4n) is 8.82. The lowest BCUT2D eigenvalue weighted by Gasteiger charge is -2.40. The molecule has 12 heteroatoms. The Morgan fingerprint density at radius 3 is 1.25 bits per heavy atom. The van der Waals surface area contributed by atoms with Crippen molar-refractivity contribution in [1.29, 1.82) is 0 Å². The Labute approximate surface area is 490 Å². The zero-order chi connectivity index (χ0) is 58.9. The Morgan fingerprint density at radius 2 is 0.815 bits per heavy atom. The van der Waals surface area contributed by atoms with Crippen molar-refractivity contribution in [2.75, 3.05) is 13.2 Å². The minimum absolute atomic E-state index is 0.00545. The number of allylic oxidation sites excluding steroid dienone is 19. The summed E-state index contributed by atoms with van der Waals surface area (Å²) in [7, 11) is 0. The summed E-state index contributed by atoms with van der Waals surface area (Å²) in [5.74, 6) is -3.34. The number of rotatable bonds is 52. The number of carbonyl (C=O) groups excluding carboxylic acids is 3. The van der Waals surface area contributed by atoms with Gasteiger partial charge >= 0.3 is 23.9 Å². The fourth-order valence-corrected chi connectivity index (χ4v) is 8.82. The molecule has 3 N–H and O–H groups in total. The minimum atomic E-state index is -1.93. The molecule has 6 unspecified atom stereocenters. The van der Waals surface area contributed by atoms with Gasteiger partial charge in [-0.3, -0.25) is 14.4 Å². The van der Waals surface area contributed by atoms with Crippen LogP contribution in [0.3, 0.4) is 0 Å². The van der Waals surface area contributed by atoms with E-state index in [4.69, 9.17) is 23.7 Å². The van der Waals surface area contributed by atoms with Crippen molar-refractivity contribution in [2.45, 2.75) is 276 Å². The number of ether oxygens (including phenoxy) is 5. The van der Waals surface area contributed by atoms with Crippen molar-refractivity contribution in [3.63, 3.8) is 0 Å². The summed E-state index contributed by atoms with van der Waals surface area (Å²) in [5, 5.41) is 31.5. The summed E-state index contributed by atoms with van der Waals surface area (Å²) in [5.41, 5.74) is 0. The van der Waals surface area contributed by atoms with Crippen molar-refractivity contribution in [1.82, 2.24) is 0 Å². The van der Waals surface area contributed by atoms with Crippen LogP contribution in [-0.2, 0) is 42.9 Å². The molecule has 12 nitrogen and oxygen atoms in total. The van der Waals surface area contributed by atoms with E-state index in [9.17, 15) is 34.5 Å². The van der Waals surface area contributed by atoms with Gasteiger partial charge in [0.25, 0.3) is 0 Å². The van der Waals surface area contributed by atoms with Gasteiger partial charge in [0, 0.05) is 12.8 Å². The molecule has 1 heterocycles.